The molecule has 6 heteroatoms. The van der Waals surface area contributed by atoms with Crippen LogP contribution in [0.1, 0.15) is 16.9 Å². The molecule has 0 N–H and O–H groups in total. The number of halogens is 1. The number of hydrogen-bond acceptors (Lipinski definition) is 4. The second-order valence-corrected chi connectivity index (χ2v) is 7.51. The van der Waals surface area contributed by atoms with E-state index in [-0.39, 0.29) is 0 Å². The van der Waals surface area contributed by atoms with Gasteiger partial charge < -0.3 is 9.32 Å². The summed E-state index contributed by atoms with van der Waals surface area (Å²) in [5.74, 6) is 1.72. The van der Waals surface area contributed by atoms with Crippen molar-refractivity contribution in [3.05, 3.63) is 94.9 Å². The lowest BCUT2D eigenvalue weighted by atomic mass is 10.1. The van der Waals surface area contributed by atoms with E-state index in [2.05, 4.69) is 11.0 Å². The van der Waals surface area contributed by atoms with Gasteiger partial charge in [0, 0.05) is 10.7 Å². The number of furan rings is 1. The van der Waals surface area contributed by atoms with Gasteiger partial charge in [0.1, 0.15) is 17.6 Å². The number of nitrogens with zero attached hydrogens (tertiary/aromatic N) is 4. The van der Waals surface area contributed by atoms with Crippen LogP contribution in [0.5, 0.6) is 0 Å². The van der Waals surface area contributed by atoms with Crippen LogP contribution < -0.4 is 4.90 Å². The first kappa shape index (κ1) is 18.3. The molecule has 0 aliphatic carbocycles. The van der Waals surface area contributed by atoms with Crippen molar-refractivity contribution in [2.24, 2.45) is 0 Å². The van der Waals surface area contributed by atoms with Gasteiger partial charge in [0.2, 0.25) is 0 Å². The second kappa shape index (κ2) is 7.25. The SMILES string of the molecule is Cc1cc(N(Cc2ccco2)c2ccc(Cl)cc2)n2c(nc3ccccc32)c1C#N. The van der Waals surface area contributed by atoms with Gasteiger partial charge in [0.15, 0.2) is 5.65 Å². The van der Waals surface area contributed by atoms with Crippen LogP contribution in [0.25, 0.3) is 16.7 Å². The molecule has 0 saturated heterocycles. The molecule has 0 spiro atoms. The number of pyridine rings is 1. The molecule has 0 unspecified atom stereocenters. The molecule has 0 aliphatic heterocycles. The van der Waals surface area contributed by atoms with Gasteiger partial charge >= 0.3 is 0 Å². The number of hydrogen-bond donors (Lipinski definition) is 0. The minimum absolute atomic E-state index is 0.515. The van der Waals surface area contributed by atoms with Crippen molar-refractivity contribution in [3.8, 4) is 6.07 Å². The van der Waals surface area contributed by atoms with Crippen molar-refractivity contribution in [2.45, 2.75) is 13.5 Å². The zero-order chi connectivity index (χ0) is 20.7. The Labute approximate surface area is 178 Å². The van der Waals surface area contributed by atoms with E-state index in [9.17, 15) is 5.26 Å². The van der Waals surface area contributed by atoms with Crippen molar-refractivity contribution in [2.75, 3.05) is 4.90 Å². The predicted molar refractivity (Wildman–Crippen MR) is 118 cm³/mol. The van der Waals surface area contributed by atoms with E-state index in [4.69, 9.17) is 21.0 Å². The molecule has 0 amide bonds. The molecule has 0 radical (unpaired) electrons. The Bertz CT molecular complexity index is 1400. The molecule has 146 valence electrons. The van der Waals surface area contributed by atoms with Crippen LogP contribution in [-0.4, -0.2) is 9.38 Å². The van der Waals surface area contributed by atoms with E-state index in [0.29, 0.717) is 22.8 Å². The maximum Gasteiger partial charge on any atom is 0.157 e. The van der Waals surface area contributed by atoms with Gasteiger partial charge in [-0.2, -0.15) is 5.26 Å². The van der Waals surface area contributed by atoms with Crippen LogP contribution >= 0.6 is 11.6 Å². The average Bonchev–Trinajstić information content (AvgIpc) is 3.40. The molecule has 5 rings (SSSR count). The number of para-hydroxylation sites is 2. The van der Waals surface area contributed by atoms with Gasteiger partial charge in [-0.05, 0) is 67.1 Å². The molecule has 0 saturated carbocycles. The van der Waals surface area contributed by atoms with Gasteiger partial charge in [0.05, 0.1) is 29.4 Å². The molecule has 5 nitrogen and oxygen atoms in total. The number of rotatable bonds is 4. The van der Waals surface area contributed by atoms with Crippen LogP contribution in [0.4, 0.5) is 11.5 Å². The highest BCUT2D eigenvalue weighted by Crippen LogP contribution is 2.34. The molecule has 3 aromatic heterocycles. The summed E-state index contributed by atoms with van der Waals surface area (Å²) >= 11 is 6.14. The highest BCUT2D eigenvalue weighted by molar-refractivity contribution is 6.30. The van der Waals surface area contributed by atoms with Crippen molar-refractivity contribution < 1.29 is 4.42 Å². The highest BCUT2D eigenvalue weighted by atomic mass is 35.5. The predicted octanol–water partition coefficient (Wildman–Crippen LogP) is 6.25. The zero-order valence-electron chi connectivity index (χ0n) is 16.2. The fraction of sp³-hybridized carbons (Fsp3) is 0.0833. The first-order valence-electron chi connectivity index (χ1n) is 9.52. The number of fused-ring (bicyclic) bond motifs is 3. The fourth-order valence-corrected chi connectivity index (χ4v) is 3.88. The molecule has 0 aliphatic rings. The highest BCUT2D eigenvalue weighted by Gasteiger charge is 2.21. The summed E-state index contributed by atoms with van der Waals surface area (Å²) in [5.41, 5.74) is 4.83. The first-order chi connectivity index (χ1) is 14.7. The van der Waals surface area contributed by atoms with Crippen LogP contribution in [-0.2, 0) is 6.54 Å². The summed E-state index contributed by atoms with van der Waals surface area (Å²) in [6, 6.07) is 23.8. The number of anilines is 2. The molecule has 30 heavy (non-hydrogen) atoms. The largest absolute Gasteiger partial charge is 0.467 e. The number of benzene rings is 2. The standard InChI is InChI=1S/C24H17ClN4O/c1-16-13-23(29-22-7-3-2-6-21(22)27-24(29)20(16)14-26)28(15-19-5-4-12-30-19)18-10-8-17(25)9-11-18/h2-13H,15H2,1H3. The van der Waals surface area contributed by atoms with Crippen LogP contribution in [0, 0.1) is 18.3 Å². The van der Waals surface area contributed by atoms with Crippen molar-refractivity contribution in [3.63, 3.8) is 0 Å². The van der Waals surface area contributed by atoms with E-state index in [1.54, 1.807) is 6.26 Å². The van der Waals surface area contributed by atoms with Crippen molar-refractivity contribution >= 4 is 39.8 Å². The molecule has 5 aromatic rings. The Morgan fingerprint density at radius 2 is 1.90 bits per heavy atom. The van der Waals surface area contributed by atoms with Gasteiger partial charge in [0.25, 0.3) is 0 Å². The molecule has 0 fully saturated rings. The molecular weight excluding hydrogens is 396 g/mol. The van der Waals surface area contributed by atoms with E-state index in [1.807, 2.05) is 78.1 Å². The number of imidazole rings is 1. The molecule has 3 heterocycles. The summed E-state index contributed by atoms with van der Waals surface area (Å²) in [7, 11) is 0. The maximum atomic E-state index is 9.78. The lowest BCUT2D eigenvalue weighted by Gasteiger charge is -2.26. The Morgan fingerprint density at radius 1 is 1.10 bits per heavy atom. The third-order valence-electron chi connectivity index (χ3n) is 5.17. The normalized spacial score (nSPS) is 11.1. The third kappa shape index (κ3) is 2.99. The monoisotopic (exact) mass is 412 g/mol. The number of aryl methyl sites for hydroxylation is 1. The van der Waals surface area contributed by atoms with E-state index in [0.717, 1.165) is 33.9 Å². The molecule has 2 aromatic carbocycles. The average molecular weight is 413 g/mol. The third-order valence-corrected chi connectivity index (χ3v) is 5.43. The summed E-state index contributed by atoms with van der Waals surface area (Å²) in [6.07, 6.45) is 1.67. The molecule has 0 atom stereocenters. The Morgan fingerprint density at radius 3 is 2.63 bits per heavy atom. The fourth-order valence-electron chi connectivity index (χ4n) is 3.75. The van der Waals surface area contributed by atoms with Gasteiger partial charge in [-0.3, -0.25) is 4.40 Å². The van der Waals surface area contributed by atoms with Crippen LogP contribution in [0.2, 0.25) is 5.02 Å². The number of aromatic nitrogens is 2. The number of nitriles is 1. The quantitative estimate of drug-likeness (QED) is 0.350. The Hall–Kier alpha value is -3.75. The summed E-state index contributed by atoms with van der Waals surface area (Å²) in [5, 5.41) is 10.5. The molecular formula is C24H17ClN4O. The summed E-state index contributed by atoms with van der Waals surface area (Å²) in [4.78, 5) is 6.91. The van der Waals surface area contributed by atoms with Gasteiger partial charge in [-0.15, -0.1) is 0 Å². The van der Waals surface area contributed by atoms with E-state index < -0.39 is 0 Å². The lowest BCUT2D eigenvalue weighted by Crippen LogP contribution is -2.19. The van der Waals surface area contributed by atoms with E-state index in [1.165, 1.54) is 0 Å². The van der Waals surface area contributed by atoms with Crippen LogP contribution in [0.3, 0.4) is 0 Å². The summed E-state index contributed by atoms with van der Waals surface area (Å²) < 4.78 is 7.68. The van der Waals surface area contributed by atoms with Crippen molar-refractivity contribution in [1.82, 2.24) is 9.38 Å². The van der Waals surface area contributed by atoms with E-state index >= 15 is 0 Å². The van der Waals surface area contributed by atoms with Crippen LogP contribution in [0.15, 0.2) is 77.4 Å². The Balaban J connectivity index is 1.83. The maximum absolute atomic E-state index is 9.78. The van der Waals surface area contributed by atoms with Gasteiger partial charge in [-0.25, -0.2) is 4.98 Å². The summed E-state index contributed by atoms with van der Waals surface area (Å²) in [6.45, 7) is 2.45. The van der Waals surface area contributed by atoms with Crippen molar-refractivity contribution in [1.29, 1.82) is 5.26 Å². The molecule has 0 bridgehead atoms. The second-order valence-electron chi connectivity index (χ2n) is 7.07. The zero-order valence-corrected chi connectivity index (χ0v) is 17.0. The smallest absolute Gasteiger partial charge is 0.157 e. The van der Waals surface area contributed by atoms with Gasteiger partial charge in [-0.1, -0.05) is 23.7 Å². The lowest BCUT2D eigenvalue weighted by molar-refractivity contribution is 0.509. The topological polar surface area (TPSA) is 57.5 Å². The Kier molecular flexibility index (Phi) is 4.42. The minimum Gasteiger partial charge on any atom is -0.467 e. The minimum atomic E-state index is 0.515. The first-order valence-corrected chi connectivity index (χ1v) is 9.90.